The third-order valence-electron chi connectivity index (χ3n) is 4.73. The third-order valence-corrected chi connectivity index (χ3v) is 6.60. The van der Waals surface area contributed by atoms with Crippen LogP contribution in [-0.2, 0) is 21.9 Å². The number of sulfonamides is 1. The summed E-state index contributed by atoms with van der Waals surface area (Å²) in [6, 6.07) is 1.30. The average molecular weight is 371 g/mol. The summed E-state index contributed by atoms with van der Waals surface area (Å²) in [5.41, 5.74) is -1.30. The number of carboxylic acids is 1. The van der Waals surface area contributed by atoms with Gasteiger partial charge in [0.25, 0.3) is 5.91 Å². The number of hydrogen-bond acceptors (Lipinski definition) is 4. The minimum atomic E-state index is -3.65. The minimum Gasteiger partial charge on any atom is -0.480 e. The molecule has 0 saturated carbocycles. The normalized spacial score (nSPS) is 18.5. The van der Waals surface area contributed by atoms with Crippen molar-refractivity contribution in [3.05, 3.63) is 18.0 Å². The average Bonchev–Trinajstić information content (AvgIpc) is 2.98. The number of carbonyl (C=O) groups is 2. The van der Waals surface area contributed by atoms with Crippen molar-refractivity contribution in [2.24, 2.45) is 7.05 Å². The van der Waals surface area contributed by atoms with Gasteiger partial charge in [0, 0.05) is 26.3 Å². The topological polar surface area (TPSA) is 109 Å². The highest BCUT2D eigenvalue weighted by molar-refractivity contribution is 7.89. The number of aryl methyl sites for hydroxylation is 1. The monoisotopic (exact) mass is 371 g/mol. The van der Waals surface area contributed by atoms with E-state index >= 15 is 0 Å². The molecule has 1 aromatic heterocycles. The van der Waals surface area contributed by atoms with Crippen molar-refractivity contribution in [2.45, 2.75) is 50.0 Å². The highest BCUT2D eigenvalue weighted by atomic mass is 32.2. The Morgan fingerprint density at radius 1 is 1.28 bits per heavy atom. The molecule has 25 heavy (non-hydrogen) atoms. The summed E-state index contributed by atoms with van der Waals surface area (Å²) in [7, 11) is -2.08. The van der Waals surface area contributed by atoms with Crippen LogP contribution in [0, 0.1) is 0 Å². The van der Waals surface area contributed by atoms with E-state index in [1.165, 1.54) is 28.1 Å². The summed E-state index contributed by atoms with van der Waals surface area (Å²) in [5, 5.41) is 11.8. The van der Waals surface area contributed by atoms with Crippen LogP contribution in [-0.4, -0.2) is 52.9 Å². The maximum atomic E-state index is 12.7. The van der Waals surface area contributed by atoms with Crippen LogP contribution < -0.4 is 5.32 Å². The van der Waals surface area contributed by atoms with Crippen molar-refractivity contribution < 1.29 is 23.1 Å². The lowest BCUT2D eigenvalue weighted by Gasteiger charge is -2.25. The predicted molar refractivity (Wildman–Crippen MR) is 91.8 cm³/mol. The molecule has 1 aromatic rings. The zero-order valence-electron chi connectivity index (χ0n) is 14.8. The van der Waals surface area contributed by atoms with Crippen molar-refractivity contribution in [1.82, 2.24) is 14.2 Å². The van der Waals surface area contributed by atoms with Gasteiger partial charge in [-0.05, 0) is 32.3 Å². The SMILES string of the molecule is CCC(C)(NC(=O)c1cc(S(=O)(=O)N2CCCCC2)cn1C)C(=O)O. The molecule has 2 rings (SSSR count). The summed E-state index contributed by atoms with van der Waals surface area (Å²) >= 11 is 0. The molecule has 0 bridgehead atoms. The van der Waals surface area contributed by atoms with Gasteiger partial charge in [0.2, 0.25) is 10.0 Å². The number of nitrogens with one attached hydrogen (secondary N) is 1. The first kappa shape index (κ1) is 19.5. The number of nitrogens with zero attached hydrogens (tertiary/aromatic N) is 2. The van der Waals surface area contributed by atoms with E-state index in [2.05, 4.69) is 5.32 Å². The first-order valence-corrected chi connectivity index (χ1v) is 9.78. The van der Waals surface area contributed by atoms with E-state index in [1.54, 1.807) is 14.0 Å². The van der Waals surface area contributed by atoms with E-state index in [0.717, 1.165) is 19.3 Å². The van der Waals surface area contributed by atoms with Crippen LogP contribution in [0.5, 0.6) is 0 Å². The molecule has 1 aliphatic rings. The van der Waals surface area contributed by atoms with Gasteiger partial charge >= 0.3 is 5.97 Å². The molecule has 1 atom stereocenters. The fourth-order valence-corrected chi connectivity index (χ4v) is 4.35. The Labute approximate surface area is 147 Å². The molecular weight excluding hydrogens is 346 g/mol. The molecule has 0 spiro atoms. The smallest absolute Gasteiger partial charge is 0.329 e. The van der Waals surface area contributed by atoms with Gasteiger partial charge in [0.1, 0.15) is 16.1 Å². The first-order valence-electron chi connectivity index (χ1n) is 8.34. The molecule has 8 nitrogen and oxygen atoms in total. The Bertz CT molecular complexity index is 765. The van der Waals surface area contributed by atoms with Crippen LogP contribution >= 0.6 is 0 Å². The van der Waals surface area contributed by atoms with Gasteiger partial charge < -0.3 is 15.0 Å². The summed E-state index contributed by atoms with van der Waals surface area (Å²) in [6.45, 7) is 4.03. The molecule has 2 N–H and O–H groups in total. The van der Waals surface area contributed by atoms with Crippen LogP contribution in [0.3, 0.4) is 0 Å². The van der Waals surface area contributed by atoms with Crippen molar-refractivity contribution >= 4 is 21.9 Å². The van der Waals surface area contributed by atoms with Gasteiger partial charge in [0.15, 0.2) is 0 Å². The quantitative estimate of drug-likeness (QED) is 0.781. The lowest BCUT2D eigenvalue weighted by atomic mass is 9.99. The Morgan fingerprint density at radius 2 is 1.88 bits per heavy atom. The van der Waals surface area contributed by atoms with Crippen LogP contribution in [0.25, 0.3) is 0 Å². The highest BCUT2D eigenvalue weighted by Gasteiger charge is 2.34. The van der Waals surface area contributed by atoms with Crippen molar-refractivity contribution in [3.63, 3.8) is 0 Å². The Balaban J connectivity index is 2.27. The van der Waals surface area contributed by atoms with Crippen molar-refractivity contribution in [1.29, 1.82) is 0 Å². The van der Waals surface area contributed by atoms with E-state index in [0.29, 0.717) is 13.1 Å². The van der Waals surface area contributed by atoms with E-state index in [-0.39, 0.29) is 17.0 Å². The van der Waals surface area contributed by atoms with Gasteiger partial charge in [-0.2, -0.15) is 4.31 Å². The fraction of sp³-hybridized carbons (Fsp3) is 0.625. The zero-order valence-corrected chi connectivity index (χ0v) is 15.6. The number of carboxylic acid groups (broad SMARTS) is 1. The molecular formula is C16H25N3O5S. The van der Waals surface area contributed by atoms with Crippen LogP contribution in [0.15, 0.2) is 17.2 Å². The number of amides is 1. The molecule has 1 amide bonds. The summed E-state index contributed by atoms with van der Waals surface area (Å²) < 4.78 is 28.3. The largest absolute Gasteiger partial charge is 0.480 e. The number of hydrogen-bond donors (Lipinski definition) is 2. The molecule has 9 heteroatoms. The highest BCUT2D eigenvalue weighted by Crippen LogP contribution is 2.22. The molecule has 2 heterocycles. The van der Waals surface area contributed by atoms with Crippen molar-refractivity contribution in [3.8, 4) is 0 Å². The molecule has 0 aromatic carbocycles. The summed E-state index contributed by atoms with van der Waals surface area (Å²) in [4.78, 5) is 23.9. The van der Waals surface area contributed by atoms with Crippen molar-refractivity contribution in [2.75, 3.05) is 13.1 Å². The maximum absolute atomic E-state index is 12.7. The molecule has 0 radical (unpaired) electrons. The van der Waals surface area contributed by atoms with E-state index < -0.39 is 27.4 Å². The molecule has 1 saturated heterocycles. The summed E-state index contributed by atoms with van der Waals surface area (Å²) in [6.07, 6.45) is 4.26. The van der Waals surface area contributed by atoms with Gasteiger partial charge in [-0.15, -0.1) is 0 Å². The molecule has 140 valence electrons. The maximum Gasteiger partial charge on any atom is 0.329 e. The van der Waals surface area contributed by atoms with Crippen LogP contribution in [0.4, 0.5) is 0 Å². The number of aliphatic carboxylic acids is 1. The first-order chi connectivity index (χ1) is 11.6. The Kier molecular flexibility index (Phi) is 5.58. The second-order valence-electron chi connectivity index (χ2n) is 6.58. The second-order valence-corrected chi connectivity index (χ2v) is 8.52. The number of aromatic nitrogens is 1. The number of carbonyl (C=O) groups excluding carboxylic acids is 1. The predicted octanol–water partition coefficient (Wildman–Crippen LogP) is 1.18. The molecule has 1 fully saturated rings. The van der Waals surface area contributed by atoms with Crippen LogP contribution in [0.1, 0.15) is 50.0 Å². The lowest BCUT2D eigenvalue weighted by Crippen LogP contribution is -2.52. The van der Waals surface area contributed by atoms with E-state index in [4.69, 9.17) is 0 Å². The number of rotatable bonds is 6. The zero-order chi connectivity index (χ0) is 18.8. The molecule has 1 unspecified atom stereocenters. The Morgan fingerprint density at radius 3 is 2.40 bits per heavy atom. The van der Waals surface area contributed by atoms with Gasteiger partial charge in [-0.1, -0.05) is 13.3 Å². The molecule has 0 aliphatic carbocycles. The Hall–Kier alpha value is -1.87. The fourth-order valence-electron chi connectivity index (χ4n) is 2.76. The van der Waals surface area contributed by atoms with E-state index in [1.807, 2.05) is 0 Å². The van der Waals surface area contributed by atoms with Crippen LogP contribution in [0.2, 0.25) is 0 Å². The van der Waals surface area contributed by atoms with Gasteiger partial charge in [0.05, 0.1) is 0 Å². The third kappa shape index (κ3) is 3.87. The standard InChI is InChI=1S/C16H25N3O5S/c1-4-16(2,15(21)22)17-14(20)13-10-12(11-18(13)3)25(23,24)19-8-6-5-7-9-19/h10-11H,4-9H2,1-3H3,(H,17,20)(H,21,22). The minimum absolute atomic E-state index is 0.0515. The summed E-state index contributed by atoms with van der Waals surface area (Å²) in [5.74, 6) is -1.76. The van der Waals surface area contributed by atoms with Gasteiger partial charge in [-0.25, -0.2) is 13.2 Å². The van der Waals surface area contributed by atoms with Gasteiger partial charge in [-0.3, -0.25) is 4.79 Å². The number of piperidine rings is 1. The molecule has 1 aliphatic heterocycles. The lowest BCUT2D eigenvalue weighted by molar-refractivity contribution is -0.143. The second kappa shape index (κ2) is 7.17. The van der Waals surface area contributed by atoms with E-state index in [9.17, 15) is 23.1 Å².